The second kappa shape index (κ2) is 5.91. The summed E-state index contributed by atoms with van der Waals surface area (Å²) in [6, 6.07) is 1.28. The Labute approximate surface area is 115 Å². The van der Waals surface area contributed by atoms with Gasteiger partial charge in [0.2, 0.25) is 5.95 Å². The SMILES string of the molecule is Cc1nn(C)cc1-c1cc(C(F)F)nc(NCCN)n1. The summed E-state index contributed by atoms with van der Waals surface area (Å²) in [5.74, 6) is 0.145. The summed E-state index contributed by atoms with van der Waals surface area (Å²) in [4.78, 5) is 8.01. The first kappa shape index (κ1) is 14.3. The van der Waals surface area contributed by atoms with Gasteiger partial charge in [0.05, 0.1) is 11.4 Å². The van der Waals surface area contributed by atoms with E-state index in [2.05, 4.69) is 20.4 Å². The summed E-state index contributed by atoms with van der Waals surface area (Å²) < 4.78 is 27.4. The molecule has 2 aromatic heterocycles. The van der Waals surface area contributed by atoms with Crippen molar-refractivity contribution in [2.24, 2.45) is 12.8 Å². The Morgan fingerprint density at radius 3 is 2.70 bits per heavy atom. The summed E-state index contributed by atoms with van der Waals surface area (Å²) in [5.41, 5.74) is 6.89. The molecule has 20 heavy (non-hydrogen) atoms. The Kier molecular flexibility index (Phi) is 4.23. The molecule has 0 radical (unpaired) electrons. The van der Waals surface area contributed by atoms with Crippen LogP contribution in [0.3, 0.4) is 0 Å². The van der Waals surface area contributed by atoms with Crippen LogP contribution in [0.25, 0.3) is 11.3 Å². The molecule has 0 saturated carbocycles. The van der Waals surface area contributed by atoms with Gasteiger partial charge in [0.15, 0.2) is 0 Å². The second-order valence-corrected chi connectivity index (χ2v) is 4.32. The van der Waals surface area contributed by atoms with Gasteiger partial charge in [-0.05, 0) is 13.0 Å². The highest BCUT2D eigenvalue weighted by Gasteiger charge is 2.16. The molecule has 0 aromatic carbocycles. The third-order valence-corrected chi connectivity index (χ3v) is 2.69. The molecule has 0 aliphatic carbocycles. The van der Waals surface area contributed by atoms with Crippen LogP contribution in [0.1, 0.15) is 17.8 Å². The van der Waals surface area contributed by atoms with E-state index in [1.165, 1.54) is 6.07 Å². The molecule has 108 valence electrons. The topological polar surface area (TPSA) is 81.7 Å². The van der Waals surface area contributed by atoms with Crippen molar-refractivity contribution in [3.63, 3.8) is 0 Å². The minimum atomic E-state index is -2.66. The van der Waals surface area contributed by atoms with Crippen LogP contribution in [0.5, 0.6) is 0 Å². The highest BCUT2D eigenvalue weighted by molar-refractivity contribution is 5.62. The zero-order valence-electron chi connectivity index (χ0n) is 11.3. The molecule has 0 amide bonds. The average Bonchev–Trinajstić information content (AvgIpc) is 2.75. The standard InChI is InChI=1S/C12H16F2N6/c1-7-8(6-20(2)19-7)9-5-10(11(13)14)18-12(17-9)16-4-3-15/h5-6,11H,3-4,15H2,1-2H3,(H,16,17,18). The number of hydrogen-bond acceptors (Lipinski definition) is 5. The lowest BCUT2D eigenvalue weighted by molar-refractivity contribution is 0.146. The van der Waals surface area contributed by atoms with Gasteiger partial charge >= 0.3 is 0 Å². The Hall–Kier alpha value is -2.09. The molecule has 2 rings (SSSR count). The first-order chi connectivity index (χ1) is 9.51. The molecule has 0 unspecified atom stereocenters. The van der Waals surface area contributed by atoms with Crippen LogP contribution >= 0.6 is 0 Å². The number of aryl methyl sites for hydroxylation is 2. The van der Waals surface area contributed by atoms with Crippen molar-refractivity contribution in [3.05, 3.63) is 23.7 Å². The van der Waals surface area contributed by atoms with Gasteiger partial charge in [0.25, 0.3) is 6.43 Å². The van der Waals surface area contributed by atoms with E-state index in [0.717, 1.165) is 5.69 Å². The number of hydrogen-bond donors (Lipinski definition) is 2. The van der Waals surface area contributed by atoms with Gasteiger partial charge in [-0.1, -0.05) is 0 Å². The fourth-order valence-corrected chi connectivity index (χ4v) is 1.83. The van der Waals surface area contributed by atoms with Crippen molar-refractivity contribution in [2.45, 2.75) is 13.3 Å². The Bertz CT molecular complexity index is 596. The quantitative estimate of drug-likeness (QED) is 0.868. The first-order valence-corrected chi connectivity index (χ1v) is 6.13. The Morgan fingerprint density at radius 1 is 1.40 bits per heavy atom. The van der Waals surface area contributed by atoms with Crippen molar-refractivity contribution in [1.82, 2.24) is 19.7 Å². The van der Waals surface area contributed by atoms with E-state index >= 15 is 0 Å². The fourth-order valence-electron chi connectivity index (χ4n) is 1.83. The summed E-state index contributed by atoms with van der Waals surface area (Å²) in [6.45, 7) is 2.58. The van der Waals surface area contributed by atoms with Crippen molar-refractivity contribution < 1.29 is 8.78 Å². The third kappa shape index (κ3) is 3.08. The molecule has 0 spiro atoms. The van der Waals surface area contributed by atoms with Gasteiger partial charge in [0.1, 0.15) is 5.69 Å². The number of halogens is 2. The molecular formula is C12H16F2N6. The third-order valence-electron chi connectivity index (χ3n) is 2.69. The Balaban J connectivity index is 2.46. The number of nitrogens with zero attached hydrogens (tertiary/aromatic N) is 4. The fraction of sp³-hybridized carbons (Fsp3) is 0.417. The van der Waals surface area contributed by atoms with Crippen LogP contribution in [0.4, 0.5) is 14.7 Å². The van der Waals surface area contributed by atoms with Crippen molar-refractivity contribution >= 4 is 5.95 Å². The maximum Gasteiger partial charge on any atom is 0.280 e. The van der Waals surface area contributed by atoms with E-state index in [9.17, 15) is 8.78 Å². The summed E-state index contributed by atoms with van der Waals surface area (Å²) in [5, 5.41) is 7.00. The van der Waals surface area contributed by atoms with Crippen LogP contribution in [0.2, 0.25) is 0 Å². The molecule has 8 heteroatoms. The Morgan fingerprint density at radius 2 is 2.15 bits per heavy atom. The van der Waals surface area contributed by atoms with Crippen LogP contribution < -0.4 is 11.1 Å². The van der Waals surface area contributed by atoms with Gasteiger partial charge in [-0.15, -0.1) is 0 Å². The van der Waals surface area contributed by atoms with E-state index in [-0.39, 0.29) is 11.6 Å². The number of nitrogens with one attached hydrogen (secondary N) is 1. The normalized spacial score (nSPS) is 11.1. The average molecular weight is 282 g/mol. The summed E-state index contributed by atoms with van der Waals surface area (Å²) in [7, 11) is 1.76. The number of aromatic nitrogens is 4. The maximum atomic E-state index is 12.9. The van der Waals surface area contributed by atoms with Crippen LogP contribution in [-0.2, 0) is 7.05 Å². The van der Waals surface area contributed by atoms with Gasteiger partial charge < -0.3 is 11.1 Å². The van der Waals surface area contributed by atoms with Crippen molar-refractivity contribution in [3.8, 4) is 11.3 Å². The van der Waals surface area contributed by atoms with E-state index in [4.69, 9.17) is 5.73 Å². The molecule has 0 fully saturated rings. The summed E-state index contributed by atoms with van der Waals surface area (Å²) >= 11 is 0. The van der Waals surface area contributed by atoms with E-state index in [1.54, 1.807) is 24.9 Å². The predicted octanol–water partition coefficient (Wildman–Crippen LogP) is 1.49. The largest absolute Gasteiger partial charge is 0.353 e. The second-order valence-electron chi connectivity index (χ2n) is 4.32. The molecule has 6 nitrogen and oxygen atoms in total. The van der Waals surface area contributed by atoms with Gasteiger partial charge in [-0.3, -0.25) is 4.68 Å². The molecule has 0 saturated heterocycles. The lowest BCUT2D eigenvalue weighted by Gasteiger charge is -2.08. The van der Waals surface area contributed by atoms with E-state index in [0.29, 0.717) is 24.3 Å². The molecule has 0 atom stereocenters. The lowest BCUT2D eigenvalue weighted by atomic mass is 10.1. The monoisotopic (exact) mass is 282 g/mol. The molecule has 0 aliphatic heterocycles. The van der Waals surface area contributed by atoms with E-state index in [1.807, 2.05) is 0 Å². The van der Waals surface area contributed by atoms with Gasteiger partial charge in [0, 0.05) is 31.9 Å². The highest BCUT2D eigenvalue weighted by atomic mass is 19.3. The first-order valence-electron chi connectivity index (χ1n) is 6.13. The van der Waals surface area contributed by atoms with Crippen LogP contribution in [0.15, 0.2) is 12.3 Å². The molecule has 0 aliphatic rings. The van der Waals surface area contributed by atoms with Crippen molar-refractivity contribution in [1.29, 1.82) is 0 Å². The highest BCUT2D eigenvalue weighted by Crippen LogP contribution is 2.26. The van der Waals surface area contributed by atoms with Crippen LogP contribution in [-0.4, -0.2) is 32.8 Å². The summed E-state index contributed by atoms with van der Waals surface area (Å²) in [6.07, 6.45) is -0.924. The number of anilines is 1. The molecule has 3 N–H and O–H groups in total. The van der Waals surface area contributed by atoms with Crippen molar-refractivity contribution in [2.75, 3.05) is 18.4 Å². The van der Waals surface area contributed by atoms with Gasteiger partial charge in [-0.25, -0.2) is 18.7 Å². The number of nitrogens with two attached hydrogens (primary N) is 1. The maximum absolute atomic E-state index is 12.9. The molecule has 2 heterocycles. The predicted molar refractivity (Wildman–Crippen MR) is 71.5 cm³/mol. The smallest absolute Gasteiger partial charge is 0.280 e. The van der Waals surface area contributed by atoms with E-state index < -0.39 is 6.43 Å². The molecule has 2 aromatic rings. The molecule has 0 bridgehead atoms. The minimum absolute atomic E-state index is 0.145. The number of rotatable bonds is 5. The minimum Gasteiger partial charge on any atom is -0.353 e. The zero-order valence-corrected chi connectivity index (χ0v) is 11.3. The van der Waals surface area contributed by atoms with Gasteiger partial charge in [-0.2, -0.15) is 5.10 Å². The molecular weight excluding hydrogens is 266 g/mol. The van der Waals surface area contributed by atoms with Crippen LogP contribution in [0, 0.1) is 6.92 Å². The number of alkyl halides is 2. The zero-order chi connectivity index (χ0) is 14.7. The lowest BCUT2D eigenvalue weighted by Crippen LogP contribution is -2.15.